The average Bonchev–Trinajstić information content (AvgIpc) is 2.78. The van der Waals surface area contributed by atoms with Crippen LogP contribution < -0.4 is 4.74 Å². The highest BCUT2D eigenvalue weighted by Crippen LogP contribution is 2.24. The molecule has 0 fully saturated rings. The lowest BCUT2D eigenvalue weighted by molar-refractivity contribution is 0.0773. The van der Waals surface area contributed by atoms with Gasteiger partial charge in [-0.25, -0.2) is 4.39 Å². The van der Waals surface area contributed by atoms with Crippen LogP contribution in [0.3, 0.4) is 0 Å². The van der Waals surface area contributed by atoms with Crippen molar-refractivity contribution in [2.75, 3.05) is 32.9 Å². The molecule has 0 spiro atoms. The first-order valence-corrected chi connectivity index (χ1v) is 11.1. The van der Waals surface area contributed by atoms with Gasteiger partial charge in [0.15, 0.2) is 0 Å². The molecule has 0 radical (unpaired) electrons. The van der Waals surface area contributed by atoms with Crippen molar-refractivity contribution < 1.29 is 13.9 Å². The first-order chi connectivity index (χ1) is 15.3. The van der Waals surface area contributed by atoms with Crippen molar-refractivity contribution in [3.63, 3.8) is 0 Å². The van der Waals surface area contributed by atoms with E-state index in [-0.39, 0.29) is 5.82 Å². The number of nitrogens with zero attached hydrogens (tertiary/aromatic N) is 1. The minimum absolute atomic E-state index is 0.236. The number of hydrogen-bond donors (Lipinski definition) is 0. The van der Waals surface area contributed by atoms with E-state index < -0.39 is 0 Å². The second-order valence-corrected chi connectivity index (χ2v) is 8.07. The molecule has 0 saturated carbocycles. The maximum Gasteiger partial charge on any atom is 0.123 e. The van der Waals surface area contributed by atoms with Crippen LogP contribution >= 0.6 is 0 Å². The minimum atomic E-state index is -0.236. The number of fused-ring (bicyclic) bond motifs is 3. The van der Waals surface area contributed by atoms with Gasteiger partial charge in [-0.3, -0.25) is 4.90 Å². The largest absolute Gasteiger partial charge is 0.491 e. The molecule has 4 rings (SSSR count). The smallest absolute Gasteiger partial charge is 0.123 e. The van der Waals surface area contributed by atoms with Gasteiger partial charge >= 0.3 is 0 Å². The highest BCUT2D eigenvalue weighted by molar-refractivity contribution is 5.39. The molecule has 3 nitrogen and oxygen atoms in total. The van der Waals surface area contributed by atoms with E-state index >= 15 is 0 Å². The van der Waals surface area contributed by atoms with Crippen molar-refractivity contribution in [3.05, 3.63) is 101 Å². The molecule has 0 amide bonds. The van der Waals surface area contributed by atoms with Gasteiger partial charge in [-0.15, -0.1) is 0 Å². The van der Waals surface area contributed by atoms with Crippen molar-refractivity contribution in [2.24, 2.45) is 0 Å². The summed E-state index contributed by atoms with van der Waals surface area (Å²) in [6.07, 6.45) is 2.84. The minimum Gasteiger partial charge on any atom is -0.491 e. The van der Waals surface area contributed by atoms with Crippen LogP contribution in [-0.2, 0) is 24.1 Å². The highest BCUT2D eigenvalue weighted by atomic mass is 19.1. The molecular formula is C27H30FNO2. The predicted molar refractivity (Wildman–Crippen MR) is 122 cm³/mol. The van der Waals surface area contributed by atoms with E-state index in [1.807, 2.05) is 0 Å². The summed E-state index contributed by atoms with van der Waals surface area (Å²) in [5.74, 6) is 0.496. The first-order valence-electron chi connectivity index (χ1n) is 11.1. The summed E-state index contributed by atoms with van der Waals surface area (Å²) in [6.45, 7) is 4.46. The van der Waals surface area contributed by atoms with Crippen molar-refractivity contribution >= 4 is 0 Å². The molecule has 1 aliphatic rings. The lowest BCUT2D eigenvalue weighted by Gasteiger charge is -2.23. The van der Waals surface area contributed by atoms with E-state index in [9.17, 15) is 4.39 Å². The van der Waals surface area contributed by atoms with Gasteiger partial charge in [0, 0.05) is 25.1 Å². The number of aryl methyl sites for hydroxylation is 1. The van der Waals surface area contributed by atoms with Crippen molar-refractivity contribution in [1.29, 1.82) is 0 Å². The van der Waals surface area contributed by atoms with Gasteiger partial charge in [-0.2, -0.15) is 0 Å². The molecule has 3 aromatic carbocycles. The molecule has 0 aliphatic carbocycles. The van der Waals surface area contributed by atoms with E-state index in [0.29, 0.717) is 26.2 Å². The first kappa shape index (κ1) is 21.5. The number of hydrogen-bond acceptors (Lipinski definition) is 3. The Labute approximate surface area is 184 Å². The molecule has 0 aromatic heterocycles. The average molecular weight is 420 g/mol. The molecule has 162 valence electrons. The summed E-state index contributed by atoms with van der Waals surface area (Å²) in [7, 11) is 0. The van der Waals surface area contributed by atoms with Crippen LogP contribution in [0.2, 0.25) is 0 Å². The Morgan fingerprint density at radius 2 is 1.71 bits per heavy atom. The maximum absolute atomic E-state index is 13.9. The number of rotatable bonds is 4. The zero-order valence-corrected chi connectivity index (χ0v) is 17.9. The van der Waals surface area contributed by atoms with Gasteiger partial charge < -0.3 is 9.47 Å². The zero-order valence-electron chi connectivity index (χ0n) is 17.9. The summed E-state index contributed by atoms with van der Waals surface area (Å²) in [4.78, 5) is 2.46. The van der Waals surface area contributed by atoms with E-state index in [4.69, 9.17) is 9.47 Å². The fourth-order valence-corrected chi connectivity index (χ4v) is 4.07. The van der Waals surface area contributed by atoms with Crippen LogP contribution in [0.1, 0.15) is 28.7 Å². The molecule has 0 saturated heterocycles. The van der Waals surface area contributed by atoms with Gasteiger partial charge in [-0.05, 0) is 54.3 Å². The molecule has 1 aliphatic heterocycles. The highest BCUT2D eigenvalue weighted by Gasteiger charge is 2.11. The fourth-order valence-electron chi connectivity index (χ4n) is 4.07. The van der Waals surface area contributed by atoms with Gasteiger partial charge in [0.25, 0.3) is 0 Å². The van der Waals surface area contributed by atoms with Crippen molar-refractivity contribution in [1.82, 2.24) is 4.90 Å². The van der Waals surface area contributed by atoms with Crippen LogP contribution in [0.5, 0.6) is 5.75 Å². The Morgan fingerprint density at radius 3 is 2.61 bits per heavy atom. The van der Waals surface area contributed by atoms with E-state index in [0.717, 1.165) is 43.8 Å². The van der Waals surface area contributed by atoms with Crippen molar-refractivity contribution in [3.8, 4) is 5.75 Å². The molecule has 31 heavy (non-hydrogen) atoms. The topological polar surface area (TPSA) is 21.7 Å². The SMILES string of the molecule is Fc1ccc2c(c1)Cc1cccc(c1)CN(CCCc1ccccc1)CCOCCO2. The third kappa shape index (κ3) is 6.65. The van der Waals surface area contributed by atoms with Crippen LogP contribution in [0.15, 0.2) is 72.8 Å². The summed E-state index contributed by atoms with van der Waals surface area (Å²) < 4.78 is 25.6. The third-order valence-corrected chi connectivity index (χ3v) is 5.63. The Morgan fingerprint density at radius 1 is 0.839 bits per heavy atom. The van der Waals surface area contributed by atoms with Gasteiger partial charge in [0.05, 0.1) is 13.2 Å². The Kier molecular flexibility index (Phi) is 7.70. The lowest BCUT2D eigenvalue weighted by Crippen LogP contribution is -2.29. The molecule has 3 aromatic rings. The maximum atomic E-state index is 13.9. The number of ether oxygens (including phenoxy) is 2. The molecule has 2 bridgehead atoms. The predicted octanol–water partition coefficient (Wildman–Crippen LogP) is 5.26. The monoisotopic (exact) mass is 419 g/mol. The molecule has 4 heteroatoms. The zero-order chi connectivity index (χ0) is 21.3. The molecule has 0 unspecified atom stereocenters. The summed E-state index contributed by atoms with van der Waals surface area (Å²) >= 11 is 0. The Bertz CT molecular complexity index is 960. The van der Waals surface area contributed by atoms with Gasteiger partial charge in [0.2, 0.25) is 0 Å². The van der Waals surface area contributed by atoms with Crippen LogP contribution in [-0.4, -0.2) is 37.8 Å². The summed E-state index contributed by atoms with van der Waals surface area (Å²) in [5, 5.41) is 0. The van der Waals surface area contributed by atoms with Gasteiger partial charge in [0.1, 0.15) is 18.2 Å². The lowest BCUT2D eigenvalue weighted by atomic mass is 10.0. The molecular weight excluding hydrogens is 389 g/mol. The van der Waals surface area contributed by atoms with E-state index in [1.165, 1.54) is 22.8 Å². The fraction of sp³-hybridized carbons (Fsp3) is 0.333. The molecule has 1 heterocycles. The Balaban J connectivity index is 1.47. The number of halogens is 1. The summed E-state index contributed by atoms with van der Waals surface area (Å²) in [5.41, 5.74) is 4.69. The normalized spacial score (nSPS) is 15.5. The summed E-state index contributed by atoms with van der Waals surface area (Å²) in [6, 6.07) is 24.0. The third-order valence-electron chi connectivity index (χ3n) is 5.63. The van der Waals surface area contributed by atoms with Crippen LogP contribution in [0.25, 0.3) is 0 Å². The second-order valence-electron chi connectivity index (χ2n) is 8.07. The number of benzene rings is 3. The van der Waals surface area contributed by atoms with Crippen LogP contribution in [0, 0.1) is 5.82 Å². The molecule has 0 N–H and O–H groups in total. The Hall–Kier alpha value is -2.69. The van der Waals surface area contributed by atoms with Crippen molar-refractivity contribution in [2.45, 2.75) is 25.8 Å². The van der Waals surface area contributed by atoms with E-state index in [1.54, 1.807) is 12.1 Å². The van der Waals surface area contributed by atoms with Gasteiger partial charge in [-0.1, -0.05) is 54.6 Å². The van der Waals surface area contributed by atoms with Crippen LogP contribution in [0.4, 0.5) is 4.39 Å². The van der Waals surface area contributed by atoms with E-state index in [2.05, 4.69) is 59.5 Å². The second kappa shape index (κ2) is 11.1. The quantitative estimate of drug-likeness (QED) is 0.576. The molecule has 0 atom stereocenters. The standard InChI is InChI=1S/C27H30FNO2/c28-26-11-12-27-25(20-26)19-23-8-4-9-24(18-23)21-29(14-15-30-16-17-31-27)13-5-10-22-6-2-1-3-7-22/h1-4,6-9,11-12,18,20H,5,10,13-17,19,21H2.